The molecule has 0 fully saturated rings. The second-order valence-corrected chi connectivity index (χ2v) is 7.92. The van der Waals surface area contributed by atoms with Crippen LogP contribution in [0.5, 0.6) is 0 Å². The standard InChI is InChI=1S/C27H22N4O2/c32-26(30(17-20-11-14-28-15-12-20)18-21-6-5-13-29-16-21)19-31-24-9-3-1-7-22(24)27(33)23-8-2-4-10-25(23)31/h1-16H,17-19H2. The molecule has 0 radical (unpaired) electrons. The zero-order valence-corrected chi connectivity index (χ0v) is 18.0. The number of hydrogen-bond acceptors (Lipinski definition) is 4. The molecule has 0 bridgehead atoms. The minimum atomic E-state index is -0.0466. The van der Waals surface area contributed by atoms with Crippen molar-refractivity contribution in [3.05, 3.63) is 119 Å². The Morgan fingerprint density at radius 1 is 0.727 bits per heavy atom. The number of amides is 1. The van der Waals surface area contributed by atoms with Gasteiger partial charge in [0, 0.05) is 48.6 Å². The van der Waals surface area contributed by atoms with Gasteiger partial charge in [0.2, 0.25) is 5.91 Å². The summed E-state index contributed by atoms with van der Waals surface area (Å²) in [5.74, 6) is -0.0466. The minimum Gasteiger partial charge on any atom is -0.332 e. The summed E-state index contributed by atoms with van der Waals surface area (Å²) in [7, 11) is 0. The third kappa shape index (κ3) is 4.23. The lowest BCUT2D eigenvalue weighted by Crippen LogP contribution is -2.33. The summed E-state index contributed by atoms with van der Waals surface area (Å²) >= 11 is 0. The first-order valence-electron chi connectivity index (χ1n) is 10.8. The van der Waals surface area contributed by atoms with Crippen LogP contribution < -0.4 is 5.43 Å². The summed E-state index contributed by atoms with van der Waals surface area (Å²) in [5, 5.41) is 1.22. The van der Waals surface area contributed by atoms with Crippen molar-refractivity contribution in [3.8, 4) is 0 Å². The highest BCUT2D eigenvalue weighted by molar-refractivity contribution is 5.94. The van der Waals surface area contributed by atoms with Crippen LogP contribution in [-0.2, 0) is 24.4 Å². The molecule has 0 spiro atoms. The number of aromatic nitrogens is 3. The number of benzene rings is 2. The fourth-order valence-corrected chi connectivity index (χ4v) is 4.14. The van der Waals surface area contributed by atoms with E-state index in [1.54, 1.807) is 24.8 Å². The van der Waals surface area contributed by atoms with E-state index < -0.39 is 0 Å². The van der Waals surface area contributed by atoms with Gasteiger partial charge < -0.3 is 9.47 Å². The second-order valence-electron chi connectivity index (χ2n) is 7.92. The molecule has 3 aromatic heterocycles. The molecule has 0 saturated heterocycles. The van der Waals surface area contributed by atoms with Crippen molar-refractivity contribution >= 4 is 27.7 Å². The number of rotatable bonds is 6. The van der Waals surface area contributed by atoms with Gasteiger partial charge in [0.25, 0.3) is 0 Å². The van der Waals surface area contributed by atoms with Gasteiger partial charge in [-0.05, 0) is 53.6 Å². The van der Waals surface area contributed by atoms with Crippen molar-refractivity contribution in [2.75, 3.05) is 0 Å². The normalized spacial score (nSPS) is 11.0. The van der Waals surface area contributed by atoms with Crippen molar-refractivity contribution in [2.45, 2.75) is 19.6 Å². The van der Waals surface area contributed by atoms with Gasteiger partial charge in [-0.15, -0.1) is 0 Å². The van der Waals surface area contributed by atoms with Gasteiger partial charge in [0.15, 0.2) is 5.43 Å². The molecule has 0 unspecified atom stereocenters. The maximum atomic E-state index is 13.7. The summed E-state index contributed by atoms with van der Waals surface area (Å²) in [4.78, 5) is 36.8. The number of carbonyl (C=O) groups is 1. The Hall–Kier alpha value is -4.32. The van der Waals surface area contributed by atoms with Gasteiger partial charge >= 0.3 is 0 Å². The van der Waals surface area contributed by atoms with E-state index in [9.17, 15) is 9.59 Å². The summed E-state index contributed by atoms with van der Waals surface area (Å²) in [5.41, 5.74) is 3.43. The Morgan fingerprint density at radius 2 is 1.36 bits per heavy atom. The van der Waals surface area contributed by atoms with Crippen LogP contribution in [0, 0.1) is 0 Å². The molecule has 6 heteroatoms. The topological polar surface area (TPSA) is 68.1 Å². The van der Waals surface area contributed by atoms with E-state index in [1.807, 2.05) is 82.3 Å². The molecule has 0 aliphatic rings. The first kappa shape index (κ1) is 20.6. The molecule has 0 saturated carbocycles. The molecule has 33 heavy (non-hydrogen) atoms. The maximum Gasteiger partial charge on any atom is 0.243 e. The van der Waals surface area contributed by atoms with Gasteiger partial charge in [-0.2, -0.15) is 0 Å². The fraction of sp³-hybridized carbons (Fsp3) is 0.111. The predicted octanol–water partition coefficient (Wildman–Crippen LogP) is 4.17. The number of pyridine rings is 3. The zero-order chi connectivity index (χ0) is 22.6. The monoisotopic (exact) mass is 434 g/mol. The van der Waals surface area contributed by atoms with E-state index in [1.165, 1.54) is 0 Å². The smallest absolute Gasteiger partial charge is 0.243 e. The van der Waals surface area contributed by atoms with Crippen LogP contribution in [0.15, 0.2) is 102 Å². The highest BCUT2D eigenvalue weighted by Crippen LogP contribution is 2.20. The van der Waals surface area contributed by atoms with E-state index in [4.69, 9.17) is 0 Å². The zero-order valence-electron chi connectivity index (χ0n) is 18.0. The molecular weight excluding hydrogens is 412 g/mol. The summed E-state index contributed by atoms with van der Waals surface area (Å²) in [6.07, 6.45) is 6.95. The van der Waals surface area contributed by atoms with Gasteiger partial charge in [0.05, 0.1) is 11.0 Å². The molecule has 5 rings (SSSR count). The van der Waals surface area contributed by atoms with Crippen LogP contribution in [0.1, 0.15) is 11.1 Å². The lowest BCUT2D eigenvalue weighted by atomic mass is 10.1. The third-order valence-corrected chi connectivity index (χ3v) is 5.74. The molecule has 1 amide bonds. The molecular formula is C27H22N4O2. The molecule has 0 N–H and O–H groups in total. The van der Waals surface area contributed by atoms with Gasteiger partial charge in [-0.25, -0.2) is 0 Å². The first-order valence-corrected chi connectivity index (χ1v) is 10.8. The molecule has 0 aliphatic heterocycles. The number of hydrogen-bond donors (Lipinski definition) is 0. The maximum absolute atomic E-state index is 13.7. The van der Waals surface area contributed by atoms with E-state index in [0.29, 0.717) is 23.9 Å². The molecule has 0 atom stereocenters. The number of fused-ring (bicyclic) bond motifs is 2. The lowest BCUT2D eigenvalue weighted by molar-refractivity contribution is -0.133. The molecule has 0 aliphatic carbocycles. The average Bonchev–Trinajstić information content (AvgIpc) is 2.87. The minimum absolute atomic E-state index is 0.0195. The molecule has 3 heterocycles. The highest BCUT2D eigenvalue weighted by Gasteiger charge is 2.18. The summed E-state index contributed by atoms with van der Waals surface area (Å²) in [6, 6.07) is 22.6. The Balaban J connectivity index is 1.56. The highest BCUT2D eigenvalue weighted by atomic mass is 16.2. The van der Waals surface area contributed by atoms with Crippen LogP contribution in [0.2, 0.25) is 0 Å². The number of nitrogens with zero attached hydrogens (tertiary/aromatic N) is 4. The quantitative estimate of drug-likeness (QED) is 0.376. The first-order chi connectivity index (χ1) is 16.2. The Bertz CT molecular complexity index is 1380. The fourth-order valence-electron chi connectivity index (χ4n) is 4.14. The lowest BCUT2D eigenvalue weighted by Gasteiger charge is -2.25. The molecule has 2 aromatic carbocycles. The summed E-state index contributed by atoms with van der Waals surface area (Å²) in [6.45, 7) is 1.00. The molecule has 5 aromatic rings. The van der Waals surface area contributed by atoms with E-state index in [0.717, 1.165) is 22.2 Å². The number of carbonyl (C=O) groups excluding carboxylic acids is 1. The predicted molar refractivity (Wildman–Crippen MR) is 128 cm³/mol. The van der Waals surface area contributed by atoms with Crippen molar-refractivity contribution in [1.29, 1.82) is 0 Å². The van der Waals surface area contributed by atoms with E-state index in [-0.39, 0.29) is 17.9 Å². The Labute approximate surface area is 190 Å². The van der Waals surface area contributed by atoms with E-state index >= 15 is 0 Å². The SMILES string of the molecule is O=C(Cn1c2ccccc2c(=O)c2ccccc21)N(Cc1ccncc1)Cc1cccnc1. The van der Waals surface area contributed by atoms with Crippen molar-refractivity contribution < 1.29 is 4.79 Å². The van der Waals surface area contributed by atoms with Crippen LogP contribution >= 0.6 is 0 Å². The van der Waals surface area contributed by atoms with Crippen molar-refractivity contribution in [2.24, 2.45) is 0 Å². The third-order valence-electron chi connectivity index (χ3n) is 5.74. The average molecular weight is 434 g/mol. The van der Waals surface area contributed by atoms with Crippen LogP contribution in [-0.4, -0.2) is 25.3 Å². The van der Waals surface area contributed by atoms with Crippen LogP contribution in [0.25, 0.3) is 21.8 Å². The van der Waals surface area contributed by atoms with Crippen molar-refractivity contribution in [3.63, 3.8) is 0 Å². The molecule has 162 valence electrons. The van der Waals surface area contributed by atoms with Gasteiger partial charge in [0.1, 0.15) is 6.54 Å². The van der Waals surface area contributed by atoms with Gasteiger partial charge in [-0.1, -0.05) is 30.3 Å². The van der Waals surface area contributed by atoms with Gasteiger partial charge in [-0.3, -0.25) is 19.6 Å². The van der Waals surface area contributed by atoms with Crippen molar-refractivity contribution in [1.82, 2.24) is 19.4 Å². The molecule has 6 nitrogen and oxygen atoms in total. The second kappa shape index (κ2) is 9.04. The summed E-state index contributed by atoms with van der Waals surface area (Å²) < 4.78 is 1.94. The Morgan fingerprint density at radius 3 is 2.00 bits per heavy atom. The number of para-hydroxylation sites is 2. The van der Waals surface area contributed by atoms with Crippen LogP contribution in [0.4, 0.5) is 0 Å². The largest absolute Gasteiger partial charge is 0.332 e. The Kier molecular flexibility index (Phi) is 5.64. The van der Waals surface area contributed by atoms with Crippen LogP contribution in [0.3, 0.4) is 0 Å². The van der Waals surface area contributed by atoms with E-state index in [2.05, 4.69) is 9.97 Å².